The largest absolute Gasteiger partial charge is 0.496 e. The van der Waals surface area contributed by atoms with E-state index in [1.54, 1.807) is 27.0 Å². The minimum atomic E-state index is -4.08. The summed E-state index contributed by atoms with van der Waals surface area (Å²) in [6, 6.07) is 8.38. The highest BCUT2D eigenvalue weighted by atomic mass is 32.2. The summed E-state index contributed by atoms with van der Waals surface area (Å²) in [6.07, 6.45) is 1.83. The summed E-state index contributed by atoms with van der Waals surface area (Å²) in [5.74, 6) is -0.262. The molecule has 178 valence electrons. The molecule has 1 atom stereocenters. The van der Waals surface area contributed by atoms with E-state index in [4.69, 9.17) is 9.47 Å². The van der Waals surface area contributed by atoms with Crippen LogP contribution in [0, 0.1) is 26.7 Å². The first kappa shape index (κ1) is 24.8. The molecule has 0 fully saturated rings. The standard InChI is InChI=1S/C25H32N2O5S/c1-15(2)23(25(28)32-7)27(14-19-8-9-21-20(13-19)10-11-26-21)33(29,30)24-16(3)12-22(31-6)17(4)18(24)5/h8-13,15,23,26H,14H2,1-7H3/t23-/m1/s1. The Bertz CT molecular complexity index is 1280. The molecule has 0 spiro atoms. The molecule has 3 aromatic rings. The lowest BCUT2D eigenvalue weighted by atomic mass is 10.0. The van der Waals surface area contributed by atoms with E-state index in [0.29, 0.717) is 16.9 Å². The molecule has 33 heavy (non-hydrogen) atoms. The van der Waals surface area contributed by atoms with Gasteiger partial charge >= 0.3 is 5.97 Å². The van der Waals surface area contributed by atoms with Crippen LogP contribution in [0.15, 0.2) is 41.4 Å². The molecule has 0 aliphatic rings. The zero-order chi connectivity index (χ0) is 24.5. The van der Waals surface area contributed by atoms with Crippen LogP contribution in [0.25, 0.3) is 10.9 Å². The Hall–Kier alpha value is -2.84. The third-order valence-corrected chi connectivity index (χ3v) is 8.22. The highest BCUT2D eigenvalue weighted by Crippen LogP contribution is 2.35. The van der Waals surface area contributed by atoms with Crippen molar-refractivity contribution in [2.45, 2.75) is 52.1 Å². The Labute approximate surface area is 195 Å². The number of nitrogens with zero attached hydrogens (tertiary/aromatic N) is 1. The number of aryl methyl sites for hydroxylation is 1. The molecule has 1 N–H and O–H groups in total. The number of hydrogen-bond donors (Lipinski definition) is 1. The van der Waals surface area contributed by atoms with Gasteiger partial charge in [-0.3, -0.25) is 4.79 Å². The predicted molar refractivity (Wildman–Crippen MR) is 129 cm³/mol. The highest BCUT2D eigenvalue weighted by Gasteiger charge is 2.40. The number of rotatable bonds is 8. The molecule has 1 heterocycles. The zero-order valence-electron chi connectivity index (χ0n) is 20.2. The molecule has 0 saturated heterocycles. The Balaban J connectivity index is 2.21. The van der Waals surface area contributed by atoms with Gasteiger partial charge in [0, 0.05) is 18.3 Å². The number of methoxy groups -OCH3 is 2. The number of carbonyl (C=O) groups excluding carboxylic acids is 1. The minimum absolute atomic E-state index is 0.0331. The summed E-state index contributed by atoms with van der Waals surface area (Å²) in [5.41, 5.74) is 3.65. The van der Waals surface area contributed by atoms with Crippen LogP contribution in [-0.2, 0) is 26.1 Å². The number of sulfonamides is 1. The monoisotopic (exact) mass is 472 g/mol. The molecular formula is C25H32N2O5S. The van der Waals surface area contributed by atoms with E-state index in [1.807, 2.05) is 51.2 Å². The van der Waals surface area contributed by atoms with Crippen molar-refractivity contribution in [2.24, 2.45) is 5.92 Å². The first-order valence-corrected chi connectivity index (χ1v) is 12.3. The smallest absolute Gasteiger partial charge is 0.324 e. The van der Waals surface area contributed by atoms with Crippen molar-refractivity contribution in [2.75, 3.05) is 14.2 Å². The maximum Gasteiger partial charge on any atom is 0.324 e. The first-order valence-electron chi connectivity index (χ1n) is 10.8. The van der Waals surface area contributed by atoms with E-state index >= 15 is 0 Å². The van der Waals surface area contributed by atoms with Crippen molar-refractivity contribution in [1.29, 1.82) is 0 Å². The van der Waals surface area contributed by atoms with Crippen LogP contribution in [0.1, 0.15) is 36.1 Å². The first-order chi connectivity index (χ1) is 15.5. The van der Waals surface area contributed by atoms with Crippen LogP contribution in [0.3, 0.4) is 0 Å². The predicted octanol–water partition coefficient (Wildman–Crippen LogP) is 4.49. The van der Waals surface area contributed by atoms with Gasteiger partial charge in [-0.2, -0.15) is 4.31 Å². The fourth-order valence-electron chi connectivity index (χ4n) is 4.30. The van der Waals surface area contributed by atoms with E-state index in [1.165, 1.54) is 11.4 Å². The minimum Gasteiger partial charge on any atom is -0.496 e. The van der Waals surface area contributed by atoms with Gasteiger partial charge in [0.25, 0.3) is 0 Å². The van der Waals surface area contributed by atoms with Crippen LogP contribution in [0.2, 0.25) is 0 Å². The third-order valence-electron chi connectivity index (χ3n) is 6.11. The average molecular weight is 473 g/mol. The van der Waals surface area contributed by atoms with Gasteiger partial charge in [0.05, 0.1) is 19.1 Å². The van der Waals surface area contributed by atoms with Crippen LogP contribution in [0.4, 0.5) is 0 Å². The number of nitrogens with one attached hydrogen (secondary N) is 1. The number of aromatic amines is 1. The third kappa shape index (κ3) is 4.63. The number of carbonyl (C=O) groups is 1. The van der Waals surface area contributed by atoms with Crippen molar-refractivity contribution < 1.29 is 22.7 Å². The Kier molecular flexibility index (Phi) is 7.19. The van der Waals surface area contributed by atoms with Gasteiger partial charge < -0.3 is 14.5 Å². The normalized spacial score (nSPS) is 13.0. The number of fused-ring (bicyclic) bond motifs is 1. The Morgan fingerprint density at radius 2 is 1.76 bits per heavy atom. The summed E-state index contributed by atoms with van der Waals surface area (Å²) in [7, 11) is -1.24. The van der Waals surface area contributed by atoms with Gasteiger partial charge in [0.1, 0.15) is 11.8 Å². The second kappa shape index (κ2) is 9.57. The van der Waals surface area contributed by atoms with Crippen LogP contribution in [-0.4, -0.2) is 43.9 Å². The SMILES string of the molecule is COC(=O)[C@@H](C(C)C)N(Cc1ccc2[nH]ccc2c1)S(=O)(=O)c1c(C)cc(OC)c(C)c1C. The summed E-state index contributed by atoms with van der Waals surface area (Å²) in [5, 5.41) is 0.969. The van der Waals surface area contributed by atoms with E-state index in [2.05, 4.69) is 4.98 Å². The van der Waals surface area contributed by atoms with Crippen molar-refractivity contribution in [3.05, 3.63) is 58.8 Å². The van der Waals surface area contributed by atoms with Crippen molar-refractivity contribution >= 4 is 26.9 Å². The topological polar surface area (TPSA) is 88.7 Å². The molecule has 0 aliphatic carbocycles. The summed E-state index contributed by atoms with van der Waals surface area (Å²) in [4.78, 5) is 16.1. The Morgan fingerprint density at radius 1 is 1.06 bits per heavy atom. The van der Waals surface area contributed by atoms with Gasteiger partial charge in [-0.05, 0) is 78.6 Å². The van der Waals surface area contributed by atoms with E-state index < -0.39 is 22.0 Å². The highest BCUT2D eigenvalue weighted by molar-refractivity contribution is 7.89. The number of hydrogen-bond acceptors (Lipinski definition) is 5. The van der Waals surface area contributed by atoms with Crippen molar-refractivity contribution in [3.8, 4) is 5.75 Å². The molecule has 0 saturated carbocycles. The van der Waals surface area contributed by atoms with E-state index in [0.717, 1.165) is 22.0 Å². The fourth-order valence-corrected chi connectivity index (χ4v) is 6.49. The van der Waals surface area contributed by atoms with E-state index in [9.17, 15) is 13.2 Å². The van der Waals surface area contributed by atoms with Gasteiger partial charge in [-0.15, -0.1) is 0 Å². The fraction of sp³-hybridized carbons (Fsp3) is 0.400. The molecular weight excluding hydrogens is 440 g/mol. The molecule has 7 nitrogen and oxygen atoms in total. The number of H-pyrrole nitrogens is 1. The second-order valence-corrected chi connectivity index (χ2v) is 10.5. The molecule has 0 radical (unpaired) electrons. The summed E-state index contributed by atoms with van der Waals surface area (Å²) in [6.45, 7) is 9.01. The van der Waals surface area contributed by atoms with Gasteiger partial charge in [0.15, 0.2) is 0 Å². The average Bonchev–Trinajstić information content (AvgIpc) is 3.23. The van der Waals surface area contributed by atoms with Gasteiger partial charge in [-0.25, -0.2) is 8.42 Å². The quantitative estimate of drug-likeness (QED) is 0.488. The van der Waals surface area contributed by atoms with Gasteiger partial charge in [0.2, 0.25) is 10.0 Å². The summed E-state index contributed by atoms with van der Waals surface area (Å²) >= 11 is 0. The van der Waals surface area contributed by atoms with Crippen molar-refractivity contribution in [3.63, 3.8) is 0 Å². The lowest BCUT2D eigenvalue weighted by molar-refractivity contribution is -0.146. The molecule has 3 rings (SSSR count). The summed E-state index contributed by atoms with van der Waals surface area (Å²) < 4.78 is 40.1. The van der Waals surface area contributed by atoms with Gasteiger partial charge in [-0.1, -0.05) is 19.9 Å². The number of ether oxygens (including phenoxy) is 2. The van der Waals surface area contributed by atoms with Crippen LogP contribution < -0.4 is 4.74 Å². The van der Waals surface area contributed by atoms with Crippen LogP contribution >= 0.6 is 0 Å². The Morgan fingerprint density at radius 3 is 2.36 bits per heavy atom. The molecule has 0 aliphatic heterocycles. The molecule has 0 amide bonds. The van der Waals surface area contributed by atoms with Crippen LogP contribution in [0.5, 0.6) is 5.75 Å². The number of esters is 1. The number of benzene rings is 2. The maximum atomic E-state index is 14.2. The maximum absolute atomic E-state index is 14.2. The number of aromatic nitrogens is 1. The van der Waals surface area contributed by atoms with Crippen molar-refractivity contribution in [1.82, 2.24) is 9.29 Å². The second-order valence-electron chi connectivity index (χ2n) is 8.64. The molecule has 1 aromatic heterocycles. The molecule has 0 bridgehead atoms. The molecule has 8 heteroatoms. The lowest BCUT2D eigenvalue weighted by Gasteiger charge is -2.33. The molecule has 2 aromatic carbocycles. The lowest BCUT2D eigenvalue weighted by Crippen LogP contribution is -2.48. The zero-order valence-corrected chi connectivity index (χ0v) is 21.0. The molecule has 0 unspecified atom stereocenters. The van der Waals surface area contributed by atoms with E-state index in [-0.39, 0.29) is 17.4 Å².